The molecule has 0 aliphatic carbocycles. The molecule has 2 aromatic heterocycles. The lowest BCUT2D eigenvalue weighted by molar-refractivity contribution is -0.123. The molecular weight excluding hydrogens is 450 g/mol. The number of hydrogen-bond acceptors (Lipinski definition) is 7. The second-order valence-corrected chi connectivity index (χ2v) is 8.95. The predicted molar refractivity (Wildman–Crippen MR) is 135 cm³/mol. The van der Waals surface area contributed by atoms with Crippen LogP contribution >= 0.6 is 11.3 Å². The first-order valence-electron chi connectivity index (χ1n) is 10.6. The Hall–Kier alpha value is -3.76. The Kier molecular flexibility index (Phi) is 6.36. The lowest BCUT2D eigenvalue weighted by Crippen LogP contribution is -2.58. The summed E-state index contributed by atoms with van der Waals surface area (Å²) in [5.74, 6) is -0.781. The van der Waals surface area contributed by atoms with E-state index >= 15 is 0 Å². The summed E-state index contributed by atoms with van der Waals surface area (Å²) in [6, 6.07) is 15.4. The van der Waals surface area contributed by atoms with Gasteiger partial charge < -0.3 is 21.7 Å². The van der Waals surface area contributed by atoms with Crippen LogP contribution in [-0.2, 0) is 4.79 Å². The highest BCUT2D eigenvalue weighted by molar-refractivity contribution is 7.12. The zero-order valence-electron chi connectivity index (χ0n) is 17.8. The normalized spacial score (nSPS) is 15.0. The van der Waals surface area contributed by atoms with Gasteiger partial charge >= 0.3 is 0 Å². The summed E-state index contributed by atoms with van der Waals surface area (Å²) >= 11 is 1.36. The van der Waals surface area contributed by atoms with Crippen molar-refractivity contribution >= 4 is 45.4 Å². The lowest BCUT2D eigenvalue weighted by Gasteiger charge is -2.38. The molecule has 4 aromatic rings. The number of thiazole rings is 1. The third-order valence-corrected chi connectivity index (χ3v) is 6.84. The van der Waals surface area contributed by atoms with Gasteiger partial charge in [0.2, 0.25) is 11.0 Å². The number of rotatable bonds is 5. The Balaban J connectivity index is 0.00000274. The summed E-state index contributed by atoms with van der Waals surface area (Å²) in [4.78, 5) is 31.3. The number of carbonyl (C=O) groups is 2. The molecule has 176 valence electrons. The van der Waals surface area contributed by atoms with Crippen LogP contribution in [0.1, 0.15) is 30.8 Å². The van der Waals surface area contributed by atoms with Gasteiger partial charge in [-0.1, -0.05) is 37.8 Å². The molecule has 9 nitrogen and oxygen atoms in total. The molecule has 0 bridgehead atoms. The Morgan fingerprint density at radius 3 is 2.53 bits per heavy atom. The van der Waals surface area contributed by atoms with Crippen LogP contribution in [0.5, 0.6) is 0 Å². The molecule has 0 unspecified atom stereocenters. The topological polar surface area (TPSA) is 132 Å². The molecule has 0 spiro atoms. The standard InChI is InChI=1S/C23H23N7O2S.CH4/c24-21(32)23(25)9-11-29(12-10-23)19-8-4-2-6-16(19)27-20(31)17-14-33-22(28-17)30-18-7-3-1-5-15(18)13-26-30;/h1-8,13-14H,9-12,25H2,(H2,24,32)(H,27,31);1H4. The molecule has 3 heterocycles. The Labute approximate surface area is 201 Å². The number of nitrogens with one attached hydrogen (secondary N) is 1. The molecule has 1 aliphatic rings. The van der Waals surface area contributed by atoms with Gasteiger partial charge in [-0.25, -0.2) is 9.67 Å². The highest BCUT2D eigenvalue weighted by Gasteiger charge is 2.36. The van der Waals surface area contributed by atoms with Crippen molar-refractivity contribution in [3.8, 4) is 5.13 Å². The number of amides is 2. The second kappa shape index (κ2) is 9.24. The number of hydrogen-bond donors (Lipinski definition) is 3. The lowest BCUT2D eigenvalue weighted by atomic mass is 9.87. The third kappa shape index (κ3) is 4.25. The van der Waals surface area contributed by atoms with E-state index in [0.717, 1.165) is 16.6 Å². The summed E-state index contributed by atoms with van der Waals surface area (Å²) in [6.45, 7) is 1.14. The van der Waals surface area contributed by atoms with Crippen LogP contribution in [0.2, 0.25) is 0 Å². The highest BCUT2D eigenvalue weighted by atomic mass is 32.1. The van der Waals surface area contributed by atoms with E-state index in [1.54, 1.807) is 16.3 Å². The Bertz CT molecular complexity index is 1340. The number of para-hydroxylation sites is 3. The molecule has 5 rings (SSSR count). The first kappa shape index (κ1) is 23.4. The maximum absolute atomic E-state index is 13.0. The van der Waals surface area contributed by atoms with Gasteiger partial charge in [0.05, 0.1) is 28.6 Å². The van der Waals surface area contributed by atoms with Gasteiger partial charge in [-0.2, -0.15) is 5.10 Å². The van der Waals surface area contributed by atoms with Crippen molar-refractivity contribution in [3.63, 3.8) is 0 Å². The largest absolute Gasteiger partial charge is 0.370 e. The van der Waals surface area contributed by atoms with E-state index in [2.05, 4.69) is 20.3 Å². The number of benzene rings is 2. The molecule has 0 radical (unpaired) electrons. The summed E-state index contributed by atoms with van der Waals surface area (Å²) < 4.78 is 1.73. The van der Waals surface area contributed by atoms with E-state index in [-0.39, 0.29) is 13.3 Å². The summed E-state index contributed by atoms with van der Waals surface area (Å²) in [6.07, 6.45) is 2.69. The van der Waals surface area contributed by atoms with Crippen molar-refractivity contribution in [2.45, 2.75) is 25.8 Å². The van der Waals surface area contributed by atoms with Crippen molar-refractivity contribution in [2.75, 3.05) is 23.3 Å². The number of piperidine rings is 1. The third-order valence-electron chi connectivity index (χ3n) is 6.02. The average molecular weight is 478 g/mol. The minimum atomic E-state index is -0.984. The van der Waals surface area contributed by atoms with Crippen LogP contribution in [0.4, 0.5) is 11.4 Å². The molecule has 5 N–H and O–H groups in total. The molecular formula is C24H27N7O2S. The van der Waals surface area contributed by atoms with Crippen LogP contribution in [-0.4, -0.2) is 45.2 Å². The number of aromatic nitrogens is 3. The number of nitrogens with zero attached hydrogens (tertiary/aromatic N) is 4. The first-order chi connectivity index (χ1) is 15.9. The molecule has 2 aromatic carbocycles. The quantitative estimate of drug-likeness (QED) is 0.404. The molecule has 34 heavy (non-hydrogen) atoms. The predicted octanol–water partition coefficient (Wildman–Crippen LogP) is 3.15. The SMILES string of the molecule is C.NC(=O)C1(N)CCN(c2ccccc2NC(=O)c2csc(-n3ncc4ccccc43)n2)CC1. The monoisotopic (exact) mass is 477 g/mol. The average Bonchev–Trinajstić information content (AvgIpc) is 3.47. The van der Waals surface area contributed by atoms with Crippen molar-refractivity contribution in [3.05, 3.63) is 65.8 Å². The molecule has 2 amide bonds. The minimum absolute atomic E-state index is 0. The molecule has 10 heteroatoms. The fraction of sp³-hybridized carbons (Fsp3) is 0.250. The van der Waals surface area contributed by atoms with Gasteiger partial charge in [0, 0.05) is 23.9 Å². The van der Waals surface area contributed by atoms with Crippen LogP contribution in [0.3, 0.4) is 0 Å². The maximum atomic E-state index is 13.0. The van der Waals surface area contributed by atoms with E-state index in [0.29, 0.717) is 42.4 Å². The number of fused-ring (bicyclic) bond motifs is 1. The van der Waals surface area contributed by atoms with E-state index in [9.17, 15) is 9.59 Å². The van der Waals surface area contributed by atoms with Gasteiger partial charge in [-0.05, 0) is 31.0 Å². The van der Waals surface area contributed by atoms with E-state index < -0.39 is 11.4 Å². The molecule has 0 saturated carbocycles. The smallest absolute Gasteiger partial charge is 0.275 e. The van der Waals surface area contributed by atoms with E-state index in [1.165, 1.54) is 11.3 Å². The fourth-order valence-corrected chi connectivity index (χ4v) is 4.80. The van der Waals surface area contributed by atoms with Gasteiger partial charge in [-0.3, -0.25) is 9.59 Å². The van der Waals surface area contributed by atoms with Crippen LogP contribution in [0, 0.1) is 0 Å². The van der Waals surface area contributed by atoms with Gasteiger partial charge in [0.1, 0.15) is 5.69 Å². The number of anilines is 2. The molecule has 1 fully saturated rings. The molecule has 1 saturated heterocycles. The van der Waals surface area contributed by atoms with Crippen molar-refractivity contribution < 1.29 is 9.59 Å². The number of carbonyl (C=O) groups excluding carboxylic acids is 2. The summed E-state index contributed by atoms with van der Waals surface area (Å²) in [5, 5.41) is 10.7. The van der Waals surface area contributed by atoms with Crippen molar-refractivity contribution in [2.24, 2.45) is 11.5 Å². The van der Waals surface area contributed by atoms with Gasteiger partial charge in [0.15, 0.2) is 0 Å². The second-order valence-electron chi connectivity index (χ2n) is 8.11. The zero-order chi connectivity index (χ0) is 23.0. The summed E-state index contributed by atoms with van der Waals surface area (Å²) in [5.41, 5.74) is 13.4. The Morgan fingerprint density at radius 1 is 1.06 bits per heavy atom. The van der Waals surface area contributed by atoms with Crippen LogP contribution < -0.4 is 21.7 Å². The van der Waals surface area contributed by atoms with Crippen LogP contribution in [0.15, 0.2) is 60.1 Å². The molecule has 1 aliphatic heterocycles. The van der Waals surface area contributed by atoms with Gasteiger partial charge in [0.25, 0.3) is 5.91 Å². The van der Waals surface area contributed by atoms with E-state index in [4.69, 9.17) is 11.5 Å². The van der Waals surface area contributed by atoms with E-state index in [1.807, 2.05) is 48.5 Å². The highest BCUT2D eigenvalue weighted by Crippen LogP contribution is 2.31. The Morgan fingerprint density at radius 2 is 1.76 bits per heavy atom. The number of nitrogens with two attached hydrogens (primary N) is 2. The first-order valence-corrected chi connectivity index (χ1v) is 11.5. The minimum Gasteiger partial charge on any atom is -0.370 e. The molecule has 0 atom stereocenters. The zero-order valence-corrected chi connectivity index (χ0v) is 18.6. The summed E-state index contributed by atoms with van der Waals surface area (Å²) in [7, 11) is 0. The van der Waals surface area contributed by atoms with Crippen molar-refractivity contribution in [1.29, 1.82) is 0 Å². The van der Waals surface area contributed by atoms with Gasteiger partial charge in [-0.15, -0.1) is 11.3 Å². The fourth-order valence-electron chi connectivity index (χ4n) is 4.02. The number of primary amides is 1. The van der Waals surface area contributed by atoms with Crippen molar-refractivity contribution in [1.82, 2.24) is 14.8 Å². The van der Waals surface area contributed by atoms with Crippen LogP contribution in [0.25, 0.3) is 16.0 Å². The maximum Gasteiger partial charge on any atom is 0.275 e.